The first-order valence-electron chi connectivity index (χ1n) is 7.48. The van der Waals surface area contributed by atoms with Gasteiger partial charge in [0.2, 0.25) is 5.91 Å². The lowest BCUT2D eigenvalue weighted by Gasteiger charge is -2.25. The highest BCUT2D eigenvalue weighted by molar-refractivity contribution is 5.87. The number of methoxy groups -OCH3 is 1. The number of hydrogen-bond acceptors (Lipinski definition) is 3. The van der Waals surface area contributed by atoms with E-state index in [-0.39, 0.29) is 12.5 Å². The Morgan fingerprint density at radius 3 is 2.32 bits per heavy atom. The molecule has 0 radical (unpaired) electrons. The zero-order chi connectivity index (χ0) is 16.8. The number of ether oxygens (including phenoxy) is 1. The first-order valence-corrected chi connectivity index (χ1v) is 7.48. The molecule has 22 heavy (non-hydrogen) atoms. The molecule has 122 valence electrons. The molecule has 1 aromatic rings. The Morgan fingerprint density at radius 2 is 1.86 bits per heavy atom. The summed E-state index contributed by atoms with van der Waals surface area (Å²) in [7, 11) is 1.59. The van der Waals surface area contributed by atoms with Crippen LogP contribution in [0.15, 0.2) is 24.3 Å². The average Bonchev–Trinajstić information content (AvgIpc) is 2.50. The maximum absolute atomic E-state index is 12.4. The second kappa shape index (κ2) is 7.82. The van der Waals surface area contributed by atoms with Gasteiger partial charge in [-0.05, 0) is 38.0 Å². The average molecular weight is 307 g/mol. The standard InChI is InChI=1S/C17H25NO4/c1-5-6-12(15(19)20)11-18-16(21)17(2,3)13-7-9-14(22-4)10-8-13/h7-10,12H,5-6,11H2,1-4H3,(H,18,21)(H,19,20). The molecular weight excluding hydrogens is 282 g/mol. The number of carboxylic acid groups (broad SMARTS) is 1. The van der Waals surface area contributed by atoms with Crippen molar-refractivity contribution >= 4 is 11.9 Å². The van der Waals surface area contributed by atoms with Crippen LogP contribution in [0.5, 0.6) is 5.75 Å². The predicted octanol–water partition coefficient (Wildman–Crippen LogP) is 2.59. The molecule has 5 nitrogen and oxygen atoms in total. The molecule has 0 aliphatic rings. The summed E-state index contributed by atoms with van der Waals surface area (Å²) in [4.78, 5) is 23.5. The van der Waals surface area contributed by atoms with Gasteiger partial charge < -0.3 is 15.2 Å². The van der Waals surface area contributed by atoms with E-state index in [9.17, 15) is 9.59 Å². The van der Waals surface area contributed by atoms with Crippen LogP contribution in [0.1, 0.15) is 39.2 Å². The third kappa shape index (κ3) is 4.48. The number of aliphatic carboxylic acids is 1. The van der Waals surface area contributed by atoms with Crippen LogP contribution >= 0.6 is 0 Å². The van der Waals surface area contributed by atoms with Crippen LogP contribution in [-0.2, 0) is 15.0 Å². The van der Waals surface area contributed by atoms with Gasteiger partial charge in [0.05, 0.1) is 18.4 Å². The summed E-state index contributed by atoms with van der Waals surface area (Å²) in [6.07, 6.45) is 1.33. The summed E-state index contributed by atoms with van der Waals surface area (Å²) in [5.74, 6) is -0.862. The highest BCUT2D eigenvalue weighted by Crippen LogP contribution is 2.25. The Morgan fingerprint density at radius 1 is 1.27 bits per heavy atom. The normalized spacial score (nSPS) is 12.5. The maximum atomic E-state index is 12.4. The molecule has 1 rings (SSSR count). The molecule has 1 unspecified atom stereocenters. The first-order chi connectivity index (χ1) is 10.3. The monoisotopic (exact) mass is 307 g/mol. The Labute approximate surface area is 131 Å². The number of nitrogens with one attached hydrogen (secondary N) is 1. The molecule has 2 N–H and O–H groups in total. The number of amides is 1. The van der Waals surface area contributed by atoms with E-state index in [4.69, 9.17) is 9.84 Å². The molecule has 5 heteroatoms. The van der Waals surface area contributed by atoms with Gasteiger partial charge in [-0.1, -0.05) is 25.5 Å². The lowest BCUT2D eigenvalue weighted by molar-refractivity contribution is -0.142. The van der Waals surface area contributed by atoms with Gasteiger partial charge in [-0.3, -0.25) is 9.59 Å². The molecule has 0 aliphatic heterocycles. The number of benzene rings is 1. The van der Waals surface area contributed by atoms with Gasteiger partial charge in [-0.2, -0.15) is 0 Å². The first kappa shape index (κ1) is 18.0. The Balaban J connectivity index is 2.74. The summed E-state index contributed by atoms with van der Waals surface area (Å²) < 4.78 is 5.11. The molecule has 0 spiro atoms. The van der Waals surface area contributed by atoms with E-state index in [1.165, 1.54) is 0 Å². The Bertz CT molecular complexity index is 508. The molecule has 0 heterocycles. The number of hydrogen-bond donors (Lipinski definition) is 2. The van der Waals surface area contributed by atoms with Crippen molar-refractivity contribution in [3.63, 3.8) is 0 Å². The number of carbonyl (C=O) groups excluding carboxylic acids is 1. The van der Waals surface area contributed by atoms with Crippen LogP contribution in [-0.4, -0.2) is 30.6 Å². The van der Waals surface area contributed by atoms with E-state index < -0.39 is 17.3 Å². The fourth-order valence-electron chi connectivity index (χ4n) is 2.24. The van der Waals surface area contributed by atoms with Gasteiger partial charge in [0.25, 0.3) is 0 Å². The summed E-state index contributed by atoms with van der Waals surface area (Å²) in [5, 5.41) is 11.9. The smallest absolute Gasteiger partial charge is 0.308 e. The quantitative estimate of drug-likeness (QED) is 0.774. The highest BCUT2D eigenvalue weighted by Gasteiger charge is 2.30. The molecule has 1 atom stereocenters. The summed E-state index contributed by atoms with van der Waals surface area (Å²) in [6.45, 7) is 5.72. The van der Waals surface area contributed by atoms with E-state index in [1.807, 2.05) is 45.0 Å². The minimum atomic E-state index is -0.871. The minimum absolute atomic E-state index is 0.154. The summed E-state index contributed by atoms with van der Waals surface area (Å²) in [5.41, 5.74) is 0.120. The van der Waals surface area contributed by atoms with Crippen LogP contribution in [0.4, 0.5) is 0 Å². The van der Waals surface area contributed by atoms with Gasteiger partial charge in [0.1, 0.15) is 5.75 Å². The minimum Gasteiger partial charge on any atom is -0.497 e. The number of carbonyl (C=O) groups is 2. The van der Waals surface area contributed by atoms with Crippen molar-refractivity contribution < 1.29 is 19.4 Å². The largest absolute Gasteiger partial charge is 0.497 e. The summed E-state index contributed by atoms with van der Waals surface area (Å²) in [6, 6.07) is 7.31. The van der Waals surface area contributed by atoms with Crippen molar-refractivity contribution in [2.24, 2.45) is 5.92 Å². The van der Waals surface area contributed by atoms with Crippen LogP contribution in [0, 0.1) is 5.92 Å². The van der Waals surface area contributed by atoms with Crippen molar-refractivity contribution in [3.8, 4) is 5.75 Å². The fourth-order valence-corrected chi connectivity index (χ4v) is 2.24. The molecule has 0 saturated heterocycles. The van der Waals surface area contributed by atoms with E-state index in [0.29, 0.717) is 6.42 Å². The topological polar surface area (TPSA) is 75.6 Å². The summed E-state index contributed by atoms with van der Waals surface area (Å²) >= 11 is 0. The fraction of sp³-hybridized carbons (Fsp3) is 0.529. The van der Waals surface area contributed by atoms with Gasteiger partial charge in [-0.25, -0.2) is 0 Å². The molecule has 0 saturated carbocycles. The van der Waals surface area contributed by atoms with Gasteiger partial charge in [-0.15, -0.1) is 0 Å². The highest BCUT2D eigenvalue weighted by atomic mass is 16.5. The SMILES string of the molecule is CCCC(CNC(=O)C(C)(C)c1ccc(OC)cc1)C(=O)O. The van der Waals surface area contributed by atoms with Crippen LogP contribution in [0.3, 0.4) is 0 Å². The lowest BCUT2D eigenvalue weighted by Crippen LogP contribution is -2.43. The molecule has 1 amide bonds. The third-order valence-electron chi connectivity index (χ3n) is 3.87. The number of rotatable bonds is 8. The predicted molar refractivity (Wildman–Crippen MR) is 85.1 cm³/mol. The number of carboxylic acids is 1. The molecule has 0 fully saturated rings. The van der Waals surface area contributed by atoms with E-state index in [1.54, 1.807) is 7.11 Å². The second-order valence-electron chi connectivity index (χ2n) is 5.89. The third-order valence-corrected chi connectivity index (χ3v) is 3.87. The molecule has 0 bridgehead atoms. The van der Waals surface area contributed by atoms with Crippen LogP contribution in [0.2, 0.25) is 0 Å². The van der Waals surface area contributed by atoms with Crippen LogP contribution in [0.25, 0.3) is 0 Å². The van der Waals surface area contributed by atoms with Crippen LogP contribution < -0.4 is 10.1 Å². The zero-order valence-electron chi connectivity index (χ0n) is 13.7. The van der Waals surface area contributed by atoms with Crippen molar-refractivity contribution in [2.45, 2.75) is 39.0 Å². The maximum Gasteiger partial charge on any atom is 0.308 e. The van der Waals surface area contributed by atoms with E-state index in [2.05, 4.69) is 5.32 Å². The van der Waals surface area contributed by atoms with Gasteiger partial charge in [0, 0.05) is 6.54 Å². The molecule has 0 aromatic heterocycles. The Kier molecular flexibility index (Phi) is 6.40. The van der Waals surface area contributed by atoms with Crippen molar-refractivity contribution in [1.82, 2.24) is 5.32 Å². The molecule has 1 aromatic carbocycles. The zero-order valence-corrected chi connectivity index (χ0v) is 13.7. The van der Waals surface area contributed by atoms with Crippen molar-refractivity contribution in [2.75, 3.05) is 13.7 Å². The van der Waals surface area contributed by atoms with E-state index in [0.717, 1.165) is 17.7 Å². The Hall–Kier alpha value is -2.04. The van der Waals surface area contributed by atoms with Crippen molar-refractivity contribution in [1.29, 1.82) is 0 Å². The van der Waals surface area contributed by atoms with Gasteiger partial charge in [0.15, 0.2) is 0 Å². The van der Waals surface area contributed by atoms with Crippen molar-refractivity contribution in [3.05, 3.63) is 29.8 Å². The molecule has 0 aliphatic carbocycles. The van der Waals surface area contributed by atoms with Gasteiger partial charge >= 0.3 is 5.97 Å². The second-order valence-corrected chi connectivity index (χ2v) is 5.89. The lowest BCUT2D eigenvalue weighted by atomic mass is 9.83. The van der Waals surface area contributed by atoms with E-state index >= 15 is 0 Å². The molecular formula is C17H25NO4.